The Balaban J connectivity index is 2.39. The molecule has 3 heteroatoms. The van der Waals surface area contributed by atoms with Gasteiger partial charge in [0, 0.05) is 6.04 Å². The zero-order valence-corrected chi connectivity index (χ0v) is 9.47. The minimum atomic E-state index is -0.710. The summed E-state index contributed by atoms with van der Waals surface area (Å²) in [6.45, 7) is 5.80. The van der Waals surface area contributed by atoms with Crippen LogP contribution in [0, 0.1) is 5.92 Å². The molecule has 1 rings (SSSR count). The molecule has 0 aromatic heterocycles. The molecule has 0 heterocycles. The Morgan fingerprint density at radius 1 is 1.64 bits per heavy atom. The van der Waals surface area contributed by atoms with Gasteiger partial charge in [0.05, 0.1) is 5.54 Å². The molecule has 0 aliphatic heterocycles. The van der Waals surface area contributed by atoms with Gasteiger partial charge in [0.25, 0.3) is 0 Å². The summed E-state index contributed by atoms with van der Waals surface area (Å²) in [4.78, 5) is 11.7. The lowest BCUT2D eigenvalue weighted by atomic mass is 9.80. The van der Waals surface area contributed by atoms with Crippen molar-refractivity contribution in [1.82, 2.24) is 5.32 Å². The lowest BCUT2D eigenvalue weighted by Crippen LogP contribution is -2.55. The molecular formula is C11H22N2O. The second-order valence-electron chi connectivity index (χ2n) is 4.72. The van der Waals surface area contributed by atoms with Crippen molar-refractivity contribution in [3.63, 3.8) is 0 Å². The average Bonchev–Trinajstić information content (AvgIpc) is 2.00. The van der Waals surface area contributed by atoms with E-state index in [9.17, 15) is 4.79 Å². The largest absolute Gasteiger partial charge is 0.352 e. The van der Waals surface area contributed by atoms with E-state index in [1.807, 2.05) is 6.92 Å². The fourth-order valence-corrected chi connectivity index (χ4v) is 1.59. The van der Waals surface area contributed by atoms with E-state index in [1.165, 1.54) is 19.3 Å². The first-order valence-electron chi connectivity index (χ1n) is 5.57. The minimum Gasteiger partial charge on any atom is -0.352 e. The van der Waals surface area contributed by atoms with Crippen molar-refractivity contribution in [2.24, 2.45) is 11.7 Å². The Morgan fingerprint density at radius 3 is 2.57 bits per heavy atom. The number of amides is 1. The SMILES string of the molecule is CCC(C)(N)C(=O)NC(C)C1CCC1. The second-order valence-corrected chi connectivity index (χ2v) is 4.72. The van der Waals surface area contributed by atoms with Crippen molar-refractivity contribution in [1.29, 1.82) is 0 Å². The van der Waals surface area contributed by atoms with Gasteiger partial charge < -0.3 is 11.1 Å². The quantitative estimate of drug-likeness (QED) is 0.717. The standard InChI is InChI=1S/C11H22N2O/c1-4-11(3,12)10(14)13-8(2)9-6-5-7-9/h8-9H,4-7,12H2,1-3H3,(H,13,14). The molecule has 0 spiro atoms. The first-order chi connectivity index (χ1) is 6.47. The molecule has 14 heavy (non-hydrogen) atoms. The number of carbonyl (C=O) groups is 1. The van der Waals surface area contributed by atoms with Crippen LogP contribution in [0.4, 0.5) is 0 Å². The van der Waals surface area contributed by atoms with Crippen LogP contribution in [0.25, 0.3) is 0 Å². The predicted octanol–water partition coefficient (Wildman–Crippen LogP) is 1.42. The summed E-state index contributed by atoms with van der Waals surface area (Å²) in [7, 11) is 0. The van der Waals surface area contributed by atoms with E-state index in [0.29, 0.717) is 12.3 Å². The molecule has 0 bridgehead atoms. The van der Waals surface area contributed by atoms with Crippen molar-refractivity contribution in [2.75, 3.05) is 0 Å². The molecule has 1 fully saturated rings. The van der Waals surface area contributed by atoms with E-state index in [1.54, 1.807) is 6.92 Å². The fourth-order valence-electron chi connectivity index (χ4n) is 1.59. The van der Waals surface area contributed by atoms with E-state index in [0.717, 1.165) is 0 Å². The van der Waals surface area contributed by atoms with Crippen LogP contribution in [0.3, 0.4) is 0 Å². The molecule has 82 valence electrons. The van der Waals surface area contributed by atoms with Crippen LogP contribution in [0.1, 0.15) is 46.5 Å². The molecule has 0 saturated heterocycles. The van der Waals surface area contributed by atoms with Crippen LogP contribution in [0.15, 0.2) is 0 Å². The number of nitrogens with two attached hydrogens (primary N) is 1. The summed E-state index contributed by atoms with van der Waals surface area (Å²) in [5.74, 6) is 0.658. The highest BCUT2D eigenvalue weighted by Crippen LogP contribution is 2.29. The third-order valence-corrected chi connectivity index (χ3v) is 3.47. The minimum absolute atomic E-state index is 0.0144. The van der Waals surface area contributed by atoms with Gasteiger partial charge in [-0.2, -0.15) is 0 Å². The number of rotatable bonds is 4. The van der Waals surface area contributed by atoms with Crippen LogP contribution >= 0.6 is 0 Å². The van der Waals surface area contributed by atoms with Gasteiger partial charge in [0.15, 0.2) is 0 Å². The van der Waals surface area contributed by atoms with Crippen LogP contribution < -0.4 is 11.1 Å². The van der Waals surface area contributed by atoms with E-state index in [-0.39, 0.29) is 11.9 Å². The average molecular weight is 198 g/mol. The van der Waals surface area contributed by atoms with Gasteiger partial charge in [-0.15, -0.1) is 0 Å². The van der Waals surface area contributed by atoms with E-state index in [4.69, 9.17) is 5.73 Å². The summed E-state index contributed by atoms with van der Waals surface area (Å²) in [6, 6.07) is 0.283. The summed E-state index contributed by atoms with van der Waals surface area (Å²) >= 11 is 0. The number of hydrogen-bond donors (Lipinski definition) is 2. The van der Waals surface area contributed by atoms with Crippen molar-refractivity contribution in [3.05, 3.63) is 0 Å². The Hall–Kier alpha value is -0.570. The topological polar surface area (TPSA) is 55.1 Å². The summed E-state index contributed by atoms with van der Waals surface area (Å²) < 4.78 is 0. The summed E-state index contributed by atoms with van der Waals surface area (Å²) in [5, 5.41) is 3.01. The smallest absolute Gasteiger partial charge is 0.239 e. The van der Waals surface area contributed by atoms with Crippen molar-refractivity contribution < 1.29 is 4.79 Å². The zero-order valence-electron chi connectivity index (χ0n) is 9.47. The molecular weight excluding hydrogens is 176 g/mol. The van der Waals surface area contributed by atoms with Crippen molar-refractivity contribution in [2.45, 2.75) is 58.0 Å². The lowest BCUT2D eigenvalue weighted by Gasteiger charge is -2.34. The predicted molar refractivity (Wildman–Crippen MR) is 57.8 cm³/mol. The highest BCUT2D eigenvalue weighted by molar-refractivity contribution is 5.85. The number of hydrogen-bond acceptors (Lipinski definition) is 2. The van der Waals surface area contributed by atoms with Crippen LogP contribution in [-0.2, 0) is 4.79 Å². The fraction of sp³-hybridized carbons (Fsp3) is 0.909. The molecule has 0 aromatic carbocycles. The highest BCUT2D eigenvalue weighted by atomic mass is 16.2. The molecule has 1 saturated carbocycles. The summed E-state index contributed by atoms with van der Waals surface area (Å²) in [6.07, 6.45) is 4.47. The van der Waals surface area contributed by atoms with Crippen LogP contribution in [0.2, 0.25) is 0 Å². The normalized spacial score (nSPS) is 23.4. The zero-order chi connectivity index (χ0) is 10.8. The second kappa shape index (κ2) is 4.30. The van der Waals surface area contributed by atoms with Gasteiger partial charge in [-0.1, -0.05) is 13.3 Å². The van der Waals surface area contributed by atoms with Crippen LogP contribution in [0.5, 0.6) is 0 Å². The highest BCUT2D eigenvalue weighted by Gasteiger charge is 2.30. The molecule has 1 aliphatic rings. The Morgan fingerprint density at radius 2 is 2.21 bits per heavy atom. The molecule has 1 amide bonds. The van der Waals surface area contributed by atoms with Gasteiger partial charge in [-0.25, -0.2) is 0 Å². The number of carbonyl (C=O) groups excluding carboxylic acids is 1. The van der Waals surface area contributed by atoms with Crippen molar-refractivity contribution in [3.8, 4) is 0 Å². The van der Waals surface area contributed by atoms with Gasteiger partial charge >= 0.3 is 0 Å². The first kappa shape index (κ1) is 11.5. The molecule has 2 unspecified atom stereocenters. The monoisotopic (exact) mass is 198 g/mol. The Kier molecular flexibility index (Phi) is 3.53. The lowest BCUT2D eigenvalue weighted by molar-refractivity contribution is -0.127. The molecule has 0 radical (unpaired) electrons. The van der Waals surface area contributed by atoms with E-state index >= 15 is 0 Å². The molecule has 3 N–H and O–H groups in total. The first-order valence-corrected chi connectivity index (χ1v) is 5.57. The van der Waals surface area contributed by atoms with Gasteiger partial charge in [-0.05, 0) is 39.0 Å². The van der Waals surface area contributed by atoms with Gasteiger partial charge in [0.2, 0.25) is 5.91 Å². The number of nitrogens with one attached hydrogen (secondary N) is 1. The molecule has 2 atom stereocenters. The maximum absolute atomic E-state index is 11.7. The van der Waals surface area contributed by atoms with Crippen molar-refractivity contribution >= 4 is 5.91 Å². The van der Waals surface area contributed by atoms with Gasteiger partial charge in [-0.3, -0.25) is 4.79 Å². The molecule has 1 aliphatic carbocycles. The Bertz CT molecular complexity index is 209. The molecule has 0 aromatic rings. The van der Waals surface area contributed by atoms with E-state index in [2.05, 4.69) is 12.2 Å². The van der Waals surface area contributed by atoms with Crippen LogP contribution in [-0.4, -0.2) is 17.5 Å². The van der Waals surface area contributed by atoms with Gasteiger partial charge in [0.1, 0.15) is 0 Å². The third-order valence-electron chi connectivity index (χ3n) is 3.47. The maximum atomic E-state index is 11.7. The Labute approximate surface area is 86.4 Å². The summed E-state index contributed by atoms with van der Waals surface area (Å²) in [5.41, 5.74) is 5.15. The van der Waals surface area contributed by atoms with E-state index < -0.39 is 5.54 Å². The third kappa shape index (κ3) is 2.47. The molecule has 3 nitrogen and oxygen atoms in total. The maximum Gasteiger partial charge on any atom is 0.239 e.